The fraction of sp³-hybridized carbons (Fsp3) is 0.278. The van der Waals surface area contributed by atoms with Crippen LogP contribution in [0.3, 0.4) is 0 Å². The number of benzene rings is 2. The van der Waals surface area contributed by atoms with E-state index in [1.165, 1.54) is 24.3 Å². The Morgan fingerprint density at radius 1 is 1.04 bits per heavy atom. The highest BCUT2D eigenvalue weighted by Crippen LogP contribution is 2.12. The molecule has 5 nitrogen and oxygen atoms in total. The van der Waals surface area contributed by atoms with Gasteiger partial charge < -0.3 is 5.32 Å². The second-order valence-corrected chi connectivity index (χ2v) is 7.34. The quantitative estimate of drug-likeness (QED) is 0.809. The Morgan fingerprint density at radius 3 is 2.25 bits per heavy atom. The lowest BCUT2D eigenvalue weighted by atomic mass is 10.2. The van der Waals surface area contributed by atoms with Crippen molar-refractivity contribution in [2.45, 2.75) is 37.8 Å². The lowest BCUT2D eigenvalue weighted by Crippen LogP contribution is -2.32. The molecule has 1 amide bonds. The van der Waals surface area contributed by atoms with Gasteiger partial charge >= 0.3 is 0 Å². The van der Waals surface area contributed by atoms with Gasteiger partial charge in [-0.15, -0.1) is 0 Å². The maximum absolute atomic E-state index is 12.2. The fourth-order valence-electron chi connectivity index (χ4n) is 2.08. The molecule has 0 saturated heterocycles. The minimum Gasteiger partial charge on any atom is -0.348 e. The molecule has 0 saturated carbocycles. The fourth-order valence-corrected chi connectivity index (χ4v) is 3.41. The number of hydrogen-bond donors (Lipinski definition) is 2. The molecule has 0 aliphatic rings. The minimum atomic E-state index is -3.55. The number of amides is 1. The highest BCUT2D eigenvalue weighted by Gasteiger charge is 2.17. The Labute approximate surface area is 143 Å². The topological polar surface area (TPSA) is 75.3 Å². The molecule has 128 valence electrons. The molecule has 0 aliphatic carbocycles. The smallest absolute Gasteiger partial charge is 0.251 e. The van der Waals surface area contributed by atoms with E-state index >= 15 is 0 Å². The molecule has 2 aromatic carbocycles. The highest BCUT2D eigenvalue weighted by molar-refractivity contribution is 7.89. The first kappa shape index (κ1) is 18.2. The molecular weight excluding hydrogens is 324 g/mol. The van der Waals surface area contributed by atoms with Crippen LogP contribution in [-0.4, -0.2) is 20.4 Å². The predicted octanol–water partition coefficient (Wildman–Crippen LogP) is 2.69. The summed E-state index contributed by atoms with van der Waals surface area (Å²) in [6.45, 7) is 4.14. The zero-order chi connectivity index (χ0) is 17.6. The van der Waals surface area contributed by atoms with Crippen molar-refractivity contribution >= 4 is 15.9 Å². The van der Waals surface area contributed by atoms with E-state index < -0.39 is 10.0 Å². The van der Waals surface area contributed by atoms with Crippen LogP contribution in [0.15, 0.2) is 59.5 Å². The van der Waals surface area contributed by atoms with Gasteiger partial charge in [0.15, 0.2) is 0 Å². The van der Waals surface area contributed by atoms with Crippen molar-refractivity contribution in [3.8, 4) is 0 Å². The van der Waals surface area contributed by atoms with Crippen molar-refractivity contribution in [3.63, 3.8) is 0 Å². The molecule has 2 rings (SSSR count). The van der Waals surface area contributed by atoms with Crippen LogP contribution in [0.2, 0.25) is 0 Å². The van der Waals surface area contributed by atoms with Gasteiger partial charge in [-0.2, -0.15) is 0 Å². The molecule has 0 unspecified atom stereocenters. The van der Waals surface area contributed by atoms with Crippen LogP contribution in [0.1, 0.15) is 36.2 Å². The van der Waals surface area contributed by atoms with Gasteiger partial charge in [0.05, 0.1) is 4.90 Å². The Kier molecular flexibility index (Phi) is 6.11. The van der Waals surface area contributed by atoms with Crippen molar-refractivity contribution in [2.75, 3.05) is 0 Å². The maximum Gasteiger partial charge on any atom is 0.251 e. The molecule has 0 aliphatic heterocycles. The summed E-state index contributed by atoms with van der Waals surface area (Å²) in [5.41, 5.74) is 1.43. The number of hydrogen-bond acceptors (Lipinski definition) is 3. The molecule has 2 aromatic rings. The van der Waals surface area contributed by atoms with Gasteiger partial charge in [0.25, 0.3) is 5.91 Å². The lowest BCUT2D eigenvalue weighted by Gasteiger charge is -2.12. The summed E-state index contributed by atoms with van der Waals surface area (Å²) in [6, 6.07) is 15.4. The van der Waals surface area contributed by atoms with Crippen LogP contribution < -0.4 is 10.0 Å². The molecule has 0 radical (unpaired) electrons. The first-order valence-corrected chi connectivity index (χ1v) is 9.35. The van der Waals surface area contributed by atoms with E-state index in [1.54, 1.807) is 0 Å². The van der Waals surface area contributed by atoms with Gasteiger partial charge in [-0.3, -0.25) is 4.79 Å². The Balaban J connectivity index is 2.02. The second-order valence-electron chi connectivity index (χ2n) is 5.62. The summed E-state index contributed by atoms with van der Waals surface area (Å²) in [4.78, 5) is 12.3. The molecule has 0 bridgehead atoms. The standard InChI is InChI=1S/C18H22N2O3S/c1-3-14(2)20-24(22,23)17-11-9-16(10-12-17)18(21)19-13-15-7-5-4-6-8-15/h4-12,14,20H,3,13H2,1-2H3,(H,19,21)/t14-/m0/s1. The van der Waals surface area contributed by atoms with Gasteiger partial charge in [-0.05, 0) is 43.2 Å². The minimum absolute atomic E-state index is 0.135. The van der Waals surface area contributed by atoms with Crippen LogP contribution in [0, 0.1) is 0 Å². The van der Waals surface area contributed by atoms with Crippen molar-refractivity contribution in [1.82, 2.24) is 10.0 Å². The molecule has 0 fully saturated rings. The number of nitrogens with one attached hydrogen (secondary N) is 2. The number of rotatable bonds is 7. The summed E-state index contributed by atoms with van der Waals surface area (Å²) in [6.07, 6.45) is 0.708. The van der Waals surface area contributed by atoms with E-state index in [-0.39, 0.29) is 16.8 Å². The average Bonchev–Trinajstić information content (AvgIpc) is 2.60. The summed E-state index contributed by atoms with van der Waals surface area (Å²) >= 11 is 0. The molecule has 1 atom stereocenters. The first-order valence-electron chi connectivity index (χ1n) is 7.87. The van der Waals surface area contributed by atoms with E-state index in [0.29, 0.717) is 18.5 Å². The van der Waals surface area contributed by atoms with Crippen molar-refractivity contribution in [1.29, 1.82) is 0 Å². The zero-order valence-corrected chi connectivity index (χ0v) is 14.6. The molecule has 0 aromatic heterocycles. The number of carbonyl (C=O) groups is 1. The van der Waals surface area contributed by atoms with E-state index in [4.69, 9.17) is 0 Å². The first-order chi connectivity index (χ1) is 11.4. The summed E-state index contributed by atoms with van der Waals surface area (Å²) in [5.74, 6) is -0.238. The van der Waals surface area contributed by atoms with Gasteiger partial charge in [0.2, 0.25) is 10.0 Å². The highest BCUT2D eigenvalue weighted by atomic mass is 32.2. The predicted molar refractivity (Wildman–Crippen MR) is 94.1 cm³/mol. The molecule has 0 heterocycles. The van der Waals surface area contributed by atoms with Crippen LogP contribution >= 0.6 is 0 Å². The Hall–Kier alpha value is -2.18. The van der Waals surface area contributed by atoms with E-state index in [1.807, 2.05) is 44.2 Å². The SMILES string of the molecule is CC[C@H](C)NS(=O)(=O)c1ccc(C(=O)NCc2ccccc2)cc1. The van der Waals surface area contributed by atoms with Crippen molar-refractivity contribution in [3.05, 3.63) is 65.7 Å². The molecule has 2 N–H and O–H groups in total. The third-order valence-electron chi connectivity index (χ3n) is 3.69. The third kappa shape index (κ3) is 4.91. The van der Waals surface area contributed by atoms with Crippen molar-refractivity contribution < 1.29 is 13.2 Å². The maximum atomic E-state index is 12.2. The van der Waals surface area contributed by atoms with Gasteiger partial charge in [0, 0.05) is 18.2 Å². The summed E-state index contributed by atoms with van der Waals surface area (Å²) in [7, 11) is -3.55. The van der Waals surface area contributed by atoms with Crippen molar-refractivity contribution in [2.24, 2.45) is 0 Å². The molecule has 24 heavy (non-hydrogen) atoms. The monoisotopic (exact) mass is 346 g/mol. The zero-order valence-electron chi connectivity index (χ0n) is 13.8. The van der Waals surface area contributed by atoms with Gasteiger partial charge in [-0.25, -0.2) is 13.1 Å². The largest absolute Gasteiger partial charge is 0.348 e. The number of sulfonamides is 1. The molecular formula is C18H22N2O3S. The van der Waals surface area contributed by atoms with Gasteiger partial charge in [-0.1, -0.05) is 37.3 Å². The van der Waals surface area contributed by atoms with Crippen LogP contribution in [0.4, 0.5) is 0 Å². The normalized spacial score (nSPS) is 12.6. The second kappa shape index (κ2) is 8.08. The third-order valence-corrected chi connectivity index (χ3v) is 5.30. The van der Waals surface area contributed by atoms with Crippen LogP contribution in [0.25, 0.3) is 0 Å². The molecule has 6 heteroatoms. The molecule has 0 spiro atoms. The van der Waals surface area contributed by atoms with E-state index in [0.717, 1.165) is 5.56 Å². The van der Waals surface area contributed by atoms with E-state index in [2.05, 4.69) is 10.0 Å². The Morgan fingerprint density at radius 2 is 1.67 bits per heavy atom. The summed E-state index contributed by atoms with van der Waals surface area (Å²) < 4.78 is 27.0. The average molecular weight is 346 g/mol. The lowest BCUT2D eigenvalue weighted by molar-refractivity contribution is 0.0951. The van der Waals surface area contributed by atoms with E-state index in [9.17, 15) is 13.2 Å². The number of carbonyl (C=O) groups excluding carboxylic acids is 1. The van der Waals surface area contributed by atoms with Crippen LogP contribution in [0.5, 0.6) is 0 Å². The Bertz CT molecular complexity index is 772. The van der Waals surface area contributed by atoms with Gasteiger partial charge in [0.1, 0.15) is 0 Å². The summed E-state index contributed by atoms with van der Waals surface area (Å²) in [5, 5.41) is 2.81. The van der Waals surface area contributed by atoms with Crippen LogP contribution in [-0.2, 0) is 16.6 Å².